The zero-order valence-electron chi connectivity index (χ0n) is 5.77. The Kier molecular flexibility index (Phi) is 3.51. The minimum atomic E-state index is 0.275. The lowest BCUT2D eigenvalue weighted by Crippen LogP contribution is -2.16. The molecule has 0 rings (SSSR count). The van der Waals surface area contributed by atoms with Gasteiger partial charge in [0.2, 0.25) is 0 Å². The van der Waals surface area contributed by atoms with Gasteiger partial charge in [0.05, 0.1) is 5.70 Å². The van der Waals surface area contributed by atoms with Crippen LogP contribution < -0.4 is 11.1 Å². The molecular formula is C6H12N2O. The van der Waals surface area contributed by atoms with Gasteiger partial charge in [0.1, 0.15) is 0 Å². The number of rotatable bonds is 3. The molecule has 0 saturated heterocycles. The van der Waals surface area contributed by atoms with Gasteiger partial charge in [-0.2, -0.15) is 0 Å². The second kappa shape index (κ2) is 3.95. The van der Waals surface area contributed by atoms with Crippen molar-refractivity contribution in [3.63, 3.8) is 0 Å². The number of aldehydes is 1. The fourth-order valence-electron chi connectivity index (χ4n) is 0.456. The number of nitrogens with one attached hydrogen (secondary N) is 1. The molecule has 9 heavy (non-hydrogen) atoms. The molecule has 0 aromatic heterocycles. The lowest BCUT2D eigenvalue weighted by atomic mass is 10.4. The van der Waals surface area contributed by atoms with Crippen molar-refractivity contribution in [3.8, 4) is 0 Å². The second-order valence-corrected chi connectivity index (χ2v) is 1.73. The van der Waals surface area contributed by atoms with E-state index in [2.05, 4.69) is 5.32 Å². The van der Waals surface area contributed by atoms with E-state index in [1.54, 1.807) is 6.92 Å². The third-order valence-electron chi connectivity index (χ3n) is 1.00. The van der Waals surface area contributed by atoms with E-state index in [-0.39, 0.29) is 5.70 Å². The monoisotopic (exact) mass is 128 g/mol. The lowest BCUT2D eigenvalue weighted by Gasteiger charge is -2.02. The van der Waals surface area contributed by atoms with Crippen LogP contribution in [0.4, 0.5) is 0 Å². The number of hydrogen-bond acceptors (Lipinski definition) is 3. The van der Waals surface area contributed by atoms with Crippen LogP contribution >= 0.6 is 0 Å². The fraction of sp³-hybridized carbons (Fsp3) is 0.500. The lowest BCUT2D eigenvalue weighted by molar-refractivity contribution is -0.105. The molecule has 0 aliphatic heterocycles. The predicted molar refractivity (Wildman–Crippen MR) is 36.6 cm³/mol. The summed E-state index contributed by atoms with van der Waals surface area (Å²) in [5, 5.41) is 2.92. The molecule has 3 heteroatoms. The summed E-state index contributed by atoms with van der Waals surface area (Å²) in [4.78, 5) is 10.00. The highest BCUT2D eigenvalue weighted by molar-refractivity contribution is 5.72. The van der Waals surface area contributed by atoms with Crippen molar-refractivity contribution in [1.29, 1.82) is 0 Å². The van der Waals surface area contributed by atoms with Crippen LogP contribution in [0.5, 0.6) is 0 Å². The molecule has 0 unspecified atom stereocenters. The summed E-state index contributed by atoms with van der Waals surface area (Å²) in [7, 11) is 0. The van der Waals surface area contributed by atoms with Gasteiger partial charge in [0, 0.05) is 12.2 Å². The fourth-order valence-corrected chi connectivity index (χ4v) is 0.456. The molecule has 0 amide bonds. The minimum absolute atomic E-state index is 0.275. The first-order chi connectivity index (χ1) is 4.22. The summed E-state index contributed by atoms with van der Waals surface area (Å²) in [6.07, 6.45) is 0.637. The van der Waals surface area contributed by atoms with Gasteiger partial charge in [-0.25, -0.2) is 0 Å². The van der Waals surface area contributed by atoms with E-state index in [1.807, 2.05) is 6.92 Å². The highest BCUT2D eigenvalue weighted by atomic mass is 16.1. The Morgan fingerprint density at radius 1 is 1.78 bits per heavy atom. The molecule has 0 aromatic rings. The molecule has 0 aromatic carbocycles. The molecule has 0 aliphatic carbocycles. The Morgan fingerprint density at radius 2 is 2.33 bits per heavy atom. The number of allylic oxidation sites excluding steroid dienone is 2. The average Bonchev–Trinajstić information content (AvgIpc) is 1.87. The van der Waals surface area contributed by atoms with Gasteiger partial charge >= 0.3 is 0 Å². The SMILES string of the molecule is CCN/C(C)=C(/N)C=O. The Hall–Kier alpha value is -0.990. The standard InChI is InChI=1S/C6H12N2O/c1-3-8-5(2)6(7)4-9/h4,8H,3,7H2,1-2H3/b6-5+. The molecule has 0 atom stereocenters. The zero-order chi connectivity index (χ0) is 7.28. The molecular weight excluding hydrogens is 116 g/mol. The van der Waals surface area contributed by atoms with E-state index in [9.17, 15) is 4.79 Å². The van der Waals surface area contributed by atoms with Crippen molar-refractivity contribution >= 4 is 6.29 Å². The van der Waals surface area contributed by atoms with Crippen LogP contribution in [0.15, 0.2) is 11.4 Å². The maximum Gasteiger partial charge on any atom is 0.167 e. The summed E-state index contributed by atoms with van der Waals surface area (Å²) >= 11 is 0. The molecule has 0 bridgehead atoms. The molecule has 0 heterocycles. The Labute approximate surface area is 54.9 Å². The molecule has 0 aliphatic rings. The van der Waals surface area contributed by atoms with Gasteiger partial charge in [-0.3, -0.25) is 4.79 Å². The van der Waals surface area contributed by atoms with Crippen LogP contribution in [0.25, 0.3) is 0 Å². The largest absolute Gasteiger partial charge is 0.395 e. The van der Waals surface area contributed by atoms with E-state index in [0.29, 0.717) is 6.29 Å². The third-order valence-corrected chi connectivity index (χ3v) is 1.00. The summed E-state index contributed by atoms with van der Waals surface area (Å²) in [5.74, 6) is 0. The number of nitrogens with two attached hydrogens (primary N) is 1. The van der Waals surface area contributed by atoms with Crippen LogP contribution in [0.3, 0.4) is 0 Å². The van der Waals surface area contributed by atoms with Crippen molar-refractivity contribution in [2.75, 3.05) is 6.54 Å². The number of carbonyl (C=O) groups excluding carboxylic acids is 1. The highest BCUT2D eigenvalue weighted by Crippen LogP contribution is 1.87. The van der Waals surface area contributed by atoms with Crippen molar-refractivity contribution in [2.24, 2.45) is 5.73 Å². The van der Waals surface area contributed by atoms with E-state index >= 15 is 0 Å². The quantitative estimate of drug-likeness (QED) is 0.415. The Morgan fingerprint density at radius 3 is 2.67 bits per heavy atom. The summed E-state index contributed by atoms with van der Waals surface area (Å²) < 4.78 is 0. The first kappa shape index (κ1) is 8.01. The maximum atomic E-state index is 10.00. The van der Waals surface area contributed by atoms with Crippen molar-refractivity contribution in [3.05, 3.63) is 11.4 Å². The second-order valence-electron chi connectivity index (χ2n) is 1.73. The van der Waals surface area contributed by atoms with Gasteiger partial charge in [-0.15, -0.1) is 0 Å². The first-order valence-electron chi connectivity index (χ1n) is 2.87. The topological polar surface area (TPSA) is 55.1 Å². The smallest absolute Gasteiger partial charge is 0.167 e. The van der Waals surface area contributed by atoms with Gasteiger partial charge < -0.3 is 11.1 Å². The van der Waals surface area contributed by atoms with Crippen LogP contribution in [-0.4, -0.2) is 12.8 Å². The molecule has 0 fully saturated rings. The normalized spacial score (nSPS) is 12.2. The molecule has 3 N–H and O–H groups in total. The van der Waals surface area contributed by atoms with Gasteiger partial charge in [0.15, 0.2) is 6.29 Å². The van der Waals surface area contributed by atoms with Gasteiger partial charge in [0.25, 0.3) is 0 Å². The molecule has 3 nitrogen and oxygen atoms in total. The molecule has 0 radical (unpaired) electrons. The molecule has 0 saturated carbocycles. The minimum Gasteiger partial charge on any atom is -0.395 e. The zero-order valence-corrected chi connectivity index (χ0v) is 5.77. The maximum absolute atomic E-state index is 10.00. The third kappa shape index (κ3) is 2.74. The van der Waals surface area contributed by atoms with Crippen LogP contribution in [0, 0.1) is 0 Å². The molecule has 52 valence electrons. The average molecular weight is 128 g/mol. The first-order valence-corrected chi connectivity index (χ1v) is 2.87. The number of hydrogen-bond donors (Lipinski definition) is 2. The predicted octanol–water partition coefficient (Wildman–Crippen LogP) is -0.0150. The van der Waals surface area contributed by atoms with E-state index in [1.165, 1.54) is 0 Å². The van der Waals surface area contributed by atoms with Crippen LogP contribution in [0.2, 0.25) is 0 Å². The van der Waals surface area contributed by atoms with Crippen molar-refractivity contribution in [2.45, 2.75) is 13.8 Å². The van der Waals surface area contributed by atoms with Crippen molar-refractivity contribution in [1.82, 2.24) is 5.32 Å². The Balaban J connectivity index is 3.93. The van der Waals surface area contributed by atoms with E-state index < -0.39 is 0 Å². The summed E-state index contributed by atoms with van der Waals surface area (Å²) in [6.45, 7) is 4.51. The van der Waals surface area contributed by atoms with Crippen LogP contribution in [-0.2, 0) is 4.79 Å². The Bertz CT molecular complexity index is 129. The molecule has 0 spiro atoms. The summed E-state index contributed by atoms with van der Waals surface area (Å²) in [6, 6.07) is 0. The van der Waals surface area contributed by atoms with Crippen molar-refractivity contribution < 1.29 is 4.79 Å². The van der Waals surface area contributed by atoms with E-state index in [4.69, 9.17) is 5.73 Å². The highest BCUT2D eigenvalue weighted by Gasteiger charge is 1.90. The van der Waals surface area contributed by atoms with Crippen LogP contribution in [0.1, 0.15) is 13.8 Å². The van der Waals surface area contributed by atoms with Gasteiger partial charge in [-0.05, 0) is 13.8 Å². The van der Waals surface area contributed by atoms with E-state index in [0.717, 1.165) is 12.2 Å². The summed E-state index contributed by atoms with van der Waals surface area (Å²) in [5.41, 5.74) is 6.27. The number of carbonyl (C=O) groups is 1. The van der Waals surface area contributed by atoms with Gasteiger partial charge in [-0.1, -0.05) is 0 Å².